The monoisotopic (exact) mass is 806 g/mol. The van der Waals surface area contributed by atoms with Crippen LogP contribution in [0.5, 0.6) is 0 Å². The van der Waals surface area contributed by atoms with Crippen molar-refractivity contribution >= 4 is 23.8 Å². The number of carbonyl (C=O) groups is 4. The maximum Gasteiger partial charge on any atom is 0.320 e. The van der Waals surface area contributed by atoms with Crippen LogP contribution in [0.15, 0.2) is 18.2 Å². The van der Waals surface area contributed by atoms with E-state index >= 15 is 0 Å². The number of likely N-dealkylation sites (N-methyl/N-ethyl adjacent to an activating group) is 1. The topological polar surface area (TPSA) is 358 Å². The molecule has 1 aromatic heterocycles. The van der Waals surface area contributed by atoms with Crippen LogP contribution in [0.4, 0.5) is 0 Å². The fourth-order valence-corrected chi connectivity index (χ4v) is 5.96. The Hall–Kier alpha value is -3.49. The van der Waals surface area contributed by atoms with Crippen LogP contribution in [0.3, 0.4) is 0 Å². The van der Waals surface area contributed by atoms with Gasteiger partial charge < -0.3 is 76.8 Å². The molecule has 0 fully saturated rings. The fraction of sp³-hybridized carbons (Fsp3) is 0.735. The van der Waals surface area contributed by atoms with Gasteiger partial charge in [-0.15, -0.1) is 0 Å². The van der Waals surface area contributed by atoms with Crippen molar-refractivity contribution < 1.29 is 80.5 Å². The lowest BCUT2D eigenvalue weighted by atomic mass is 10.0. The van der Waals surface area contributed by atoms with E-state index in [2.05, 4.69) is 15.6 Å². The normalized spacial score (nSPS) is 20.4. The minimum Gasteiger partial charge on any atom is -0.480 e. The molecule has 0 radical (unpaired) electrons. The summed E-state index contributed by atoms with van der Waals surface area (Å²) in [5, 5.41) is 122. The van der Waals surface area contributed by atoms with Crippen LogP contribution in [0, 0.1) is 0 Å². The average molecular weight is 807 g/mol. The number of aliphatic hydroxyl groups is 10. The Labute approximate surface area is 323 Å². The zero-order valence-corrected chi connectivity index (χ0v) is 31.2. The zero-order chi connectivity index (χ0) is 42.1. The summed E-state index contributed by atoms with van der Waals surface area (Å²) in [6, 6.07) is 2.72. The summed E-state index contributed by atoms with van der Waals surface area (Å²) in [5.74, 6) is -3.71. The van der Waals surface area contributed by atoms with Gasteiger partial charge in [0.1, 0.15) is 48.7 Å². The van der Waals surface area contributed by atoms with E-state index < -0.39 is 111 Å². The maximum atomic E-state index is 12.6. The average Bonchev–Trinajstić information content (AvgIpc) is 3.17. The number of aromatic nitrogens is 1. The summed E-state index contributed by atoms with van der Waals surface area (Å²) in [6.45, 7) is -1.62. The number of aliphatic carboxylic acids is 2. The van der Waals surface area contributed by atoms with Gasteiger partial charge in [0, 0.05) is 65.2 Å². The number of aliphatic hydroxyl groups excluding tert-OH is 10. The molecule has 0 unspecified atom stereocenters. The van der Waals surface area contributed by atoms with Crippen LogP contribution in [0.1, 0.15) is 37.1 Å². The molecule has 10 atom stereocenters. The summed E-state index contributed by atoms with van der Waals surface area (Å²) < 4.78 is 0. The number of hydrogen-bond donors (Lipinski definition) is 14. The number of nitrogens with zero attached hydrogens (tertiary/aromatic N) is 4. The van der Waals surface area contributed by atoms with E-state index in [1.807, 2.05) is 4.90 Å². The molecule has 1 aromatic rings. The Morgan fingerprint density at radius 2 is 0.982 bits per heavy atom. The molecule has 2 amide bonds. The lowest BCUT2D eigenvalue weighted by molar-refractivity contribution is -0.145. The zero-order valence-electron chi connectivity index (χ0n) is 31.2. The van der Waals surface area contributed by atoms with Crippen molar-refractivity contribution in [1.82, 2.24) is 30.3 Å². The van der Waals surface area contributed by atoms with Crippen molar-refractivity contribution in [2.24, 2.45) is 0 Å². The second kappa shape index (κ2) is 24.3. The Morgan fingerprint density at radius 1 is 0.625 bits per heavy atom. The van der Waals surface area contributed by atoms with Crippen molar-refractivity contribution in [2.45, 2.75) is 99.7 Å². The quantitative estimate of drug-likeness (QED) is 0.0518. The van der Waals surface area contributed by atoms with Crippen LogP contribution in [-0.4, -0.2) is 225 Å². The molecule has 2 bridgehead atoms. The lowest BCUT2D eigenvalue weighted by Gasteiger charge is -2.33. The van der Waals surface area contributed by atoms with Gasteiger partial charge in [-0.25, -0.2) is 0 Å². The number of fused-ring (bicyclic) bond motifs is 2. The second-order valence-corrected chi connectivity index (χ2v) is 13.9. The Morgan fingerprint density at radius 3 is 1.32 bits per heavy atom. The molecule has 1 aliphatic heterocycles. The van der Waals surface area contributed by atoms with Crippen molar-refractivity contribution in [3.63, 3.8) is 0 Å². The van der Waals surface area contributed by atoms with Crippen LogP contribution in [0.2, 0.25) is 0 Å². The third-order valence-corrected chi connectivity index (χ3v) is 9.54. The number of nitrogens with one attached hydrogen (secondary N) is 2. The molecule has 22 heteroatoms. The second-order valence-electron chi connectivity index (χ2n) is 13.9. The first kappa shape index (κ1) is 48.7. The molecular formula is C34H58N6O16. The minimum absolute atomic E-state index is 0.0509. The number of rotatable bonds is 22. The number of carboxylic acid groups (broad SMARTS) is 2. The smallest absolute Gasteiger partial charge is 0.320 e. The maximum absolute atomic E-state index is 12.6. The highest BCUT2D eigenvalue weighted by Gasteiger charge is 2.33. The van der Waals surface area contributed by atoms with E-state index in [4.69, 9.17) is 10.2 Å². The number of carbonyl (C=O) groups excluding carboxylic acids is 2. The molecule has 0 saturated carbocycles. The highest BCUT2D eigenvalue weighted by atomic mass is 16.4. The van der Waals surface area contributed by atoms with Gasteiger partial charge >= 0.3 is 11.9 Å². The predicted octanol–water partition coefficient (Wildman–Crippen LogP) is -6.80. The SMILES string of the molecule is CN1CCN([C@H](CCC(=O)NC[C@H](O)[C@@H](O)[C@H](O)[C@H](O)CO)C(=O)O)Cc2cccc(n2)CN([C@H](CCC(=O)NC[C@H](O)[C@@H](O)[C@H](O)[C@H](O)CO)C(=O)O)CC1. The van der Waals surface area contributed by atoms with Crippen LogP contribution in [0.25, 0.3) is 0 Å². The van der Waals surface area contributed by atoms with Gasteiger partial charge in [0.25, 0.3) is 0 Å². The first-order valence-corrected chi connectivity index (χ1v) is 18.2. The molecule has 14 N–H and O–H groups in total. The van der Waals surface area contributed by atoms with Gasteiger partial charge in [0.05, 0.1) is 36.8 Å². The molecule has 1 aliphatic rings. The molecule has 56 heavy (non-hydrogen) atoms. The van der Waals surface area contributed by atoms with Crippen molar-refractivity contribution in [1.29, 1.82) is 0 Å². The summed E-state index contributed by atoms with van der Waals surface area (Å²) in [6.07, 6.45) is -15.2. The van der Waals surface area contributed by atoms with Gasteiger partial charge in [-0.1, -0.05) is 6.07 Å². The molecule has 2 rings (SSSR count). The highest BCUT2D eigenvalue weighted by Crippen LogP contribution is 2.17. The third-order valence-electron chi connectivity index (χ3n) is 9.54. The molecular weight excluding hydrogens is 748 g/mol. The molecule has 0 saturated heterocycles. The molecule has 0 aromatic carbocycles. The number of carboxylic acids is 2. The fourth-order valence-electron chi connectivity index (χ4n) is 5.96. The first-order valence-electron chi connectivity index (χ1n) is 18.2. The number of pyridine rings is 1. The summed E-state index contributed by atoms with van der Waals surface area (Å²) in [4.78, 5) is 60.0. The highest BCUT2D eigenvalue weighted by molar-refractivity contribution is 5.79. The lowest BCUT2D eigenvalue weighted by Crippen LogP contribution is -2.50. The van der Waals surface area contributed by atoms with Gasteiger partial charge in [-0.05, 0) is 32.0 Å². The summed E-state index contributed by atoms with van der Waals surface area (Å²) in [5.41, 5.74) is 0.927. The summed E-state index contributed by atoms with van der Waals surface area (Å²) >= 11 is 0. The van der Waals surface area contributed by atoms with Crippen LogP contribution >= 0.6 is 0 Å². The third kappa shape index (κ3) is 15.8. The molecule has 2 heterocycles. The predicted molar refractivity (Wildman–Crippen MR) is 192 cm³/mol. The Bertz CT molecular complexity index is 1290. The van der Waals surface area contributed by atoms with Gasteiger partial charge in [-0.2, -0.15) is 0 Å². The van der Waals surface area contributed by atoms with Crippen molar-refractivity contribution in [3.05, 3.63) is 29.6 Å². The molecule has 0 spiro atoms. The first-order chi connectivity index (χ1) is 26.4. The van der Waals surface area contributed by atoms with Crippen molar-refractivity contribution in [2.75, 3.05) is 59.5 Å². The standard InChI is InChI=1S/C34H58N6O16/c1-38-9-11-39(21(33(53)54)5-7-27(47)35-13-23(43)29(49)31(51)25(45)17-41)15-19-3-2-4-20(37-19)16-40(12-10-38)22(34(55)56)6-8-28(48)36-14-24(44)30(50)32(52)26(46)18-42/h2-4,21-26,29-32,41-46,49-52H,5-18H2,1H3,(H,35,47)(H,36,48)(H,53,54)(H,55,56)/t21-,22-,23+,24+,25-,26-,29-,30-,31-,32-/m1/s1. The summed E-state index contributed by atoms with van der Waals surface area (Å²) in [7, 11) is 1.76. The minimum atomic E-state index is -1.88. The van der Waals surface area contributed by atoms with Crippen molar-refractivity contribution in [3.8, 4) is 0 Å². The molecule has 320 valence electrons. The molecule has 0 aliphatic carbocycles. The Balaban J connectivity index is 2.11. The van der Waals surface area contributed by atoms with Crippen LogP contribution in [-0.2, 0) is 32.3 Å². The Kier molecular flexibility index (Phi) is 21.1. The van der Waals surface area contributed by atoms with E-state index in [0.29, 0.717) is 24.5 Å². The van der Waals surface area contributed by atoms with E-state index in [0.717, 1.165) is 0 Å². The van der Waals surface area contributed by atoms with E-state index in [1.54, 1.807) is 35.0 Å². The number of amides is 2. The van der Waals surface area contributed by atoms with E-state index in [-0.39, 0.29) is 51.9 Å². The van der Waals surface area contributed by atoms with Crippen LogP contribution < -0.4 is 10.6 Å². The van der Waals surface area contributed by atoms with Gasteiger partial charge in [0.15, 0.2) is 0 Å². The number of hydrogen-bond acceptors (Lipinski definition) is 18. The van der Waals surface area contributed by atoms with Gasteiger partial charge in [0.2, 0.25) is 11.8 Å². The van der Waals surface area contributed by atoms with E-state index in [1.165, 1.54) is 0 Å². The molecule has 22 nitrogen and oxygen atoms in total. The largest absolute Gasteiger partial charge is 0.480 e. The van der Waals surface area contributed by atoms with Gasteiger partial charge in [-0.3, -0.25) is 34.0 Å². The van der Waals surface area contributed by atoms with E-state index in [9.17, 15) is 70.2 Å².